The van der Waals surface area contributed by atoms with Crippen LogP contribution < -0.4 is 5.73 Å². The van der Waals surface area contributed by atoms with E-state index in [9.17, 15) is 5.11 Å². The Morgan fingerprint density at radius 2 is 1.86 bits per heavy atom. The zero-order valence-electron chi connectivity index (χ0n) is 15.9. The lowest BCUT2D eigenvalue weighted by atomic mass is 10.1. The number of hydrogen-bond acceptors (Lipinski definition) is 6. The molecule has 4 rings (SSSR count). The van der Waals surface area contributed by atoms with Crippen LogP contribution in [0.15, 0.2) is 60.8 Å². The van der Waals surface area contributed by atoms with Gasteiger partial charge >= 0.3 is 0 Å². The lowest BCUT2D eigenvalue weighted by molar-refractivity contribution is 0.276. The van der Waals surface area contributed by atoms with E-state index in [-0.39, 0.29) is 19.3 Å². The highest BCUT2D eigenvalue weighted by atomic mass is 16.3. The van der Waals surface area contributed by atoms with Crippen molar-refractivity contribution in [1.82, 2.24) is 19.7 Å². The SMILES string of the molecule is NC(CCCO)c1cccc(-c2ccc3cnn(-c4cccc(CO)n4)c3c2)n1. The number of fused-ring (bicyclic) bond motifs is 1. The molecule has 0 bridgehead atoms. The standard InChI is InChI=1S/C22H23N5O2/c23-18(5-3-11-28)20-7-2-6-19(26-20)15-9-10-16-13-24-27(21(16)12-15)22-8-1-4-17(14-29)25-22/h1-2,4,6-10,12-13,18,28-29H,3,5,11,14,23H2. The van der Waals surface area contributed by atoms with Crippen LogP contribution in [0.4, 0.5) is 0 Å². The largest absolute Gasteiger partial charge is 0.396 e. The molecule has 3 heterocycles. The van der Waals surface area contributed by atoms with Crippen molar-refractivity contribution in [3.63, 3.8) is 0 Å². The number of aliphatic hydroxyl groups is 2. The van der Waals surface area contributed by atoms with Crippen LogP contribution in [-0.4, -0.2) is 36.6 Å². The number of rotatable bonds is 7. The number of hydrogen-bond donors (Lipinski definition) is 3. The van der Waals surface area contributed by atoms with Crippen molar-refractivity contribution in [1.29, 1.82) is 0 Å². The van der Waals surface area contributed by atoms with E-state index in [2.05, 4.69) is 10.1 Å². The highest BCUT2D eigenvalue weighted by Crippen LogP contribution is 2.26. The van der Waals surface area contributed by atoms with Gasteiger partial charge in [-0.15, -0.1) is 0 Å². The van der Waals surface area contributed by atoms with Crippen LogP contribution in [0, 0.1) is 0 Å². The Morgan fingerprint density at radius 1 is 1.00 bits per heavy atom. The maximum Gasteiger partial charge on any atom is 0.154 e. The molecule has 29 heavy (non-hydrogen) atoms. The summed E-state index contributed by atoms with van der Waals surface area (Å²) in [6, 6.07) is 17.1. The van der Waals surface area contributed by atoms with Gasteiger partial charge in [-0.2, -0.15) is 5.10 Å². The number of aliphatic hydroxyl groups excluding tert-OH is 2. The summed E-state index contributed by atoms with van der Waals surface area (Å²) in [5.41, 5.74) is 10.3. The van der Waals surface area contributed by atoms with Crippen molar-refractivity contribution < 1.29 is 10.2 Å². The molecule has 4 aromatic rings. The maximum atomic E-state index is 9.37. The molecule has 0 fully saturated rings. The summed E-state index contributed by atoms with van der Waals surface area (Å²) in [6.45, 7) is 0.00506. The number of pyridine rings is 2. The third-order valence-electron chi connectivity index (χ3n) is 4.86. The lowest BCUT2D eigenvalue weighted by Gasteiger charge is -2.12. The predicted molar refractivity (Wildman–Crippen MR) is 111 cm³/mol. The Bertz CT molecular complexity index is 1130. The Labute approximate surface area is 168 Å². The fraction of sp³-hybridized carbons (Fsp3) is 0.227. The smallest absolute Gasteiger partial charge is 0.154 e. The van der Waals surface area contributed by atoms with Gasteiger partial charge in [-0.3, -0.25) is 4.98 Å². The lowest BCUT2D eigenvalue weighted by Crippen LogP contribution is -2.12. The molecule has 0 spiro atoms. The van der Waals surface area contributed by atoms with Gasteiger partial charge in [0, 0.05) is 23.6 Å². The van der Waals surface area contributed by atoms with Gasteiger partial charge in [-0.1, -0.05) is 24.3 Å². The molecule has 7 nitrogen and oxygen atoms in total. The number of nitrogens with two attached hydrogens (primary N) is 1. The average Bonchev–Trinajstić information content (AvgIpc) is 3.21. The molecule has 0 saturated carbocycles. The minimum absolute atomic E-state index is 0.120. The van der Waals surface area contributed by atoms with E-state index >= 15 is 0 Å². The second-order valence-electron chi connectivity index (χ2n) is 6.90. The molecule has 0 saturated heterocycles. The summed E-state index contributed by atoms with van der Waals surface area (Å²) in [5.74, 6) is 0.649. The Hall–Kier alpha value is -3.13. The molecule has 1 aromatic carbocycles. The maximum absolute atomic E-state index is 9.37. The van der Waals surface area contributed by atoms with Gasteiger partial charge in [0.15, 0.2) is 5.82 Å². The number of benzene rings is 1. The van der Waals surface area contributed by atoms with Crippen LogP contribution in [0.5, 0.6) is 0 Å². The third kappa shape index (κ3) is 4.02. The third-order valence-corrected chi connectivity index (χ3v) is 4.86. The van der Waals surface area contributed by atoms with Crippen LogP contribution >= 0.6 is 0 Å². The fourth-order valence-electron chi connectivity index (χ4n) is 3.31. The van der Waals surface area contributed by atoms with Crippen LogP contribution in [0.3, 0.4) is 0 Å². The number of nitrogens with zero attached hydrogens (tertiary/aromatic N) is 4. The van der Waals surface area contributed by atoms with Crippen molar-refractivity contribution in [3.8, 4) is 17.1 Å². The van der Waals surface area contributed by atoms with Crippen molar-refractivity contribution in [2.24, 2.45) is 5.73 Å². The van der Waals surface area contributed by atoms with E-state index in [0.29, 0.717) is 24.4 Å². The van der Waals surface area contributed by atoms with Crippen molar-refractivity contribution in [3.05, 3.63) is 72.2 Å². The Kier molecular flexibility index (Phi) is 5.62. The summed E-state index contributed by atoms with van der Waals surface area (Å²) < 4.78 is 1.76. The minimum atomic E-state index is -0.207. The first kappa shape index (κ1) is 19.2. The fourth-order valence-corrected chi connectivity index (χ4v) is 3.31. The topological polar surface area (TPSA) is 110 Å². The Balaban J connectivity index is 1.72. The Morgan fingerprint density at radius 3 is 2.69 bits per heavy atom. The first-order valence-electron chi connectivity index (χ1n) is 9.58. The number of aromatic nitrogens is 4. The molecule has 0 amide bonds. The molecule has 1 atom stereocenters. The summed E-state index contributed by atoms with van der Waals surface area (Å²) in [6.07, 6.45) is 3.13. The van der Waals surface area contributed by atoms with Gasteiger partial charge in [-0.05, 0) is 43.2 Å². The van der Waals surface area contributed by atoms with E-state index in [1.165, 1.54) is 0 Å². The molecule has 0 aliphatic heterocycles. The van der Waals surface area contributed by atoms with Gasteiger partial charge in [0.25, 0.3) is 0 Å². The zero-order valence-corrected chi connectivity index (χ0v) is 15.9. The van der Waals surface area contributed by atoms with Crippen molar-refractivity contribution >= 4 is 10.9 Å². The minimum Gasteiger partial charge on any atom is -0.396 e. The highest BCUT2D eigenvalue weighted by Gasteiger charge is 2.12. The summed E-state index contributed by atoms with van der Waals surface area (Å²) >= 11 is 0. The zero-order chi connectivity index (χ0) is 20.2. The molecular formula is C22H23N5O2. The highest BCUT2D eigenvalue weighted by molar-refractivity contribution is 5.84. The molecule has 148 valence electrons. The second-order valence-corrected chi connectivity index (χ2v) is 6.90. The quantitative estimate of drug-likeness (QED) is 0.448. The van der Waals surface area contributed by atoms with Crippen LogP contribution in [0.2, 0.25) is 0 Å². The van der Waals surface area contributed by atoms with E-state index in [1.807, 2.05) is 48.5 Å². The molecule has 0 radical (unpaired) electrons. The monoisotopic (exact) mass is 389 g/mol. The molecule has 1 unspecified atom stereocenters. The second kappa shape index (κ2) is 8.48. The van der Waals surface area contributed by atoms with Crippen LogP contribution in [-0.2, 0) is 6.61 Å². The van der Waals surface area contributed by atoms with Crippen molar-refractivity contribution in [2.75, 3.05) is 6.61 Å². The van der Waals surface area contributed by atoms with E-state index in [4.69, 9.17) is 15.8 Å². The molecular weight excluding hydrogens is 366 g/mol. The average molecular weight is 389 g/mol. The first-order valence-corrected chi connectivity index (χ1v) is 9.58. The molecule has 0 aliphatic rings. The van der Waals surface area contributed by atoms with E-state index in [1.54, 1.807) is 16.9 Å². The first-order chi connectivity index (χ1) is 14.2. The summed E-state index contributed by atoms with van der Waals surface area (Å²) in [5, 5.41) is 23.8. The summed E-state index contributed by atoms with van der Waals surface area (Å²) in [4.78, 5) is 9.18. The molecule has 7 heteroatoms. The van der Waals surface area contributed by atoms with Gasteiger partial charge < -0.3 is 15.9 Å². The molecule has 3 aromatic heterocycles. The summed E-state index contributed by atoms with van der Waals surface area (Å²) in [7, 11) is 0. The van der Waals surface area contributed by atoms with E-state index < -0.39 is 0 Å². The van der Waals surface area contributed by atoms with E-state index in [0.717, 1.165) is 27.9 Å². The van der Waals surface area contributed by atoms with Crippen LogP contribution in [0.1, 0.15) is 30.3 Å². The van der Waals surface area contributed by atoms with Crippen LogP contribution in [0.25, 0.3) is 28.0 Å². The molecule has 0 aliphatic carbocycles. The molecule has 4 N–H and O–H groups in total. The van der Waals surface area contributed by atoms with Gasteiger partial charge in [0.05, 0.1) is 35.4 Å². The van der Waals surface area contributed by atoms with Gasteiger partial charge in [0.1, 0.15) is 0 Å². The predicted octanol–water partition coefficient (Wildman–Crippen LogP) is 2.75. The normalized spacial score (nSPS) is 12.4. The van der Waals surface area contributed by atoms with Gasteiger partial charge in [0.2, 0.25) is 0 Å². The van der Waals surface area contributed by atoms with Gasteiger partial charge in [-0.25, -0.2) is 9.67 Å². The van der Waals surface area contributed by atoms with Crippen molar-refractivity contribution in [2.45, 2.75) is 25.5 Å².